The third-order valence-electron chi connectivity index (χ3n) is 3.75. The van der Waals surface area contributed by atoms with Gasteiger partial charge in [0.05, 0.1) is 24.6 Å². The van der Waals surface area contributed by atoms with E-state index in [2.05, 4.69) is 10.3 Å². The molecule has 2 N–H and O–H groups in total. The third-order valence-corrected chi connectivity index (χ3v) is 3.75. The Kier molecular flexibility index (Phi) is 4.20. The lowest BCUT2D eigenvalue weighted by atomic mass is 10.1. The first-order valence-electron chi connectivity index (χ1n) is 7.35. The van der Waals surface area contributed by atoms with E-state index in [4.69, 9.17) is 4.74 Å². The molecule has 122 valence electrons. The summed E-state index contributed by atoms with van der Waals surface area (Å²) >= 11 is 0. The molecule has 0 radical (unpaired) electrons. The largest absolute Gasteiger partial charge is 0.507 e. The van der Waals surface area contributed by atoms with Crippen molar-refractivity contribution in [3.8, 4) is 22.8 Å². The second-order valence-corrected chi connectivity index (χ2v) is 5.23. The van der Waals surface area contributed by atoms with Gasteiger partial charge in [-0.25, -0.2) is 4.98 Å². The molecule has 0 saturated heterocycles. The lowest BCUT2D eigenvalue weighted by molar-refractivity contribution is 0.102. The number of carbonyl (C=O) groups excluding carboxylic acids is 1. The summed E-state index contributed by atoms with van der Waals surface area (Å²) in [4.78, 5) is 16.5. The van der Waals surface area contributed by atoms with Crippen molar-refractivity contribution >= 4 is 11.9 Å². The highest BCUT2D eigenvalue weighted by Gasteiger charge is 2.15. The van der Waals surface area contributed by atoms with Gasteiger partial charge in [-0.2, -0.15) is 0 Å². The van der Waals surface area contributed by atoms with Gasteiger partial charge < -0.3 is 14.4 Å². The van der Waals surface area contributed by atoms with Gasteiger partial charge in [0.15, 0.2) is 0 Å². The summed E-state index contributed by atoms with van der Waals surface area (Å²) < 4.78 is 6.93. The van der Waals surface area contributed by atoms with Crippen LogP contribution in [0.25, 0.3) is 11.3 Å². The van der Waals surface area contributed by atoms with E-state index in [0.29, 0.717) is 5.95 Å². The Morgan fingerprint density at radius 1 is 1.17 bits per heavy atom. The van der Waals surface area contributed by atoms with Crippen molar-refractivity contribution in [1.29, 1.82) is 0 Å². The van der Waals surface area contributed by atoms with Crippen LogP contribution in [0.3, 0.4) is 0 Å². The van der Waals surface area contributed by atoms with Crippen molar-refractivity contribution in [2.45, 2.75) is 0 Å². The Morgan fingerprint density at radius 3 is 2.54 bits per heavy atom. The predicted molar refractivity (Wildman–Crippen MR) is 91.3 cm³/mol. The summed E-state index contributed by atoms with van der Waals surface area (Å²) in [5.74, 6) is 0.686. The smallest absolute Gasteiger partial charge is 0.261 e. The van der Waals surface area contributed by atoms with Gasteiger partial charge in [-0.3, -0.25) is 10.1 Å². The standard InChI is InChI=1S/C18H17N3O3/c1-21-15(12-7-9-13(24-2)10-8-12)11-19-18(21)20-17(23)14-5-3-4-6-16(14)22/h3-11,22H,1-2H3,(H,19,20,23). The number of rotatable bonds is 4. The number of benzene rings is 2. The summed E-state index contributed by atoms with van der Waals surface area (Å²) in [6.07, 6.45) is 1.68. The van der Waals surface area contributed by atoms with Crippen molar-refractivity contribution < 1.29 is 14.6 Å². The number of nitrogens with zero attached hydrogens (tertiary/aromatic N) is 2. The van der Waals surface area contributed by atoms with Crippen molar-refractivity contribution in [3.63, 3.8) is 0 Å². The lowest BCUT2D eigenvalue weighted by Gasteiger charge is -2.09. The van der Waals surface area contributed by atoms with E-state index in [0.717, 1.165) is 17.0 Å². The zero-order chi connectivity index (χ0) is 17.1. The number of hydrogen-bond donors (Lipinski definition) is 2. The topological polar surface area (TPSA) is 76.4 Å². The number of hydrogen-bond acceptors (Lipinski definition) is 4. The van der Waals surface area contributed by atoms with Crippen molar-refractivity contribution in [2.75, 3.05) is 12.4 Å². The molecule has 0 saturated carbocycles. The van der Waals surface area contributed by atoms with E-state index in [-0.39, 0.29) is 11.3 Å². The Labute approximate surface area is 139 Å². The maximum Gasteiger partial charge on any atom is 0.261 e. The SMILES string of the molecule is COc1ccc(-c2cnc(NC(=O)c3ccccc3O)n2C)cc1. The van der Waals surface area contributed by atoms with Crippen LogP contribution in [0.4, 0.5) is 5.95 Å². The molecule has 0 unspecified atom stereocenters. The summed E-state index contributed by atoms with van der Waals surface area (Å²) in [5, 5.41) is 12.5. The second-order valence-electron chi connectivity index (χ2n) is 5.23. The maximum atomic E-state index is 12.3. The molecular formula is C18H17N3O3. The van der Waals surface area contributed by atoms with E-state index in [9.17, 15) is 9.90 Å². The molecule has 0 aliphatic carbocycles. The molecule has 1 heterocycles. The highest BCUT2D eigenvalue weighted by atomic mass is 16.5. The number of anilines is 1. The van der Waals surface area contributed by atoms with E-state index in [1.165, 1.54) is 6.07 Å². The van der Waals surface area contributed by atoms with Gasteiger partial charge in [0, 0.05) is 12.6 Å². The molecule has 0 bridgehead atoms. The Balaban J connectivity index is 1.84. The second kappa shape index (κ2) is 6.45. The monoisotopic (exact) mass is 323 g/mol. The molecule has 0 fully saturated rings. The molecule has 1 amide bonds. The number of aromatic nitrogens is 2. The molecule has 2 aromatic carbocycles. The minimum absolute atomic E-state index is 0.0698. The lowest BCUT2D eigenvalue weighted by Crippen LogP contribution is -2.15. The molecule has 0 aliphatic rings. The first-order valence-corrected chi connectivity index (χ1v) is 7.35. The first-order chi connectivity index (χ1) is 11.6. The number of methoxy groups -OCH3 is 1. The van der Waals surface area contributed by atoms with Gasteiger partial charge in [-0.05, 0) is 36.4 Å². The molecule has 3 aromatic rings. The van der Waals surface area contributed by atoms with Crippen LogP contribution in [-0.2, 0) is 7.05 Å². The zero-order valence-corrected chi connectivity index (χ0v) is 13.4. The van der Waals surface area contributed by atoms with Gasteiger partial charge in [0.1, 0.15) is 11.5 Å². The molecule has 1 aromatic heterocycles. The molecule has 0 spiro atoms. The van der Waals surface area contributed by atoms with Crippen LogP contribution < -0.4 is 10.1 Å². The number of ether oxygens (including phenoxy) is 1. The van der Waals surface area contributed by atoms with Gasteiger partial charge in [0.25, 0.3) is 5.91 Å². The van der Waals surface area contributed by atoms with Gasteiger partial charge in [0.2, 0.25) is 5.95 Å². The van der Waals surface area contributed by atoms with E-state index in [1.54, 1.807) is 36.1 Å². The van der Waals surface area contributed by atoms with Crippen LogP contribution in [0, 0.1) is 0 Å². The van der Waals surface area contributed by atoms with Gasteiger partial charge in [-0.1, -0.05) is 12.1 Å². The zero-order valence-electron chi connectivity index (χ0n) is 13.4. The van der Waals surface area contributed by atoms with Gasteiger partial charge in [-0.15, -0.1) is 0 Å². The summed E-state index contributed by atoms with van der Waals surface area (Å²) in [5.41, 5.74) is 2.01. The maximum absolute atomic E-state index is 12.3. The molecular weight excluding hydrogens is 306 g/mol. The number of amides is 1. The Bertz CT molecular complexity index is 869. The summed E-state index contributed by atoms with van der Waals surface area (Å²) in [6.45, 7) is 0. The van der Waals surface area contributed by atoms with Crippen LogP contribution in [-0.4, -0.2) is 27.7 Å². The van der Waals surface area contributed by atoms with E-state index >= 15 is 0 Å². The quantitative estimate of drug-likeness (QED) is 0.774. The Morgan fingerprint density at radius 2 is 1.88 bits per heavy atom. The number of phenols is 1. The van der Waals surface area contributed by atoms with Crippen LogP contribution in [0.15, 0.2) is 54.7 Å². The summed E-state index contributed by atoms with van der Waals surface area (Å²) in [7, 11) is 3.43. The van der Waals surface area contributed by atoms with Gasteiger partial charge >= 0.3 is 0 Å². The van der Waals surface area contributed by atoms with Crippen LogP contribution in [0.2, 0.25) is 0 Å². The van der Waals surface area contributed by atoms with Crippen LogP contribution >= 0.6 is 0 Å². The fourth-order valence-electron chi connectivity index (χ4n) is 2.39. The van der Waals surface area contributed by atoms with Crippen molar-refractivity contribution in [2.24, 2.45) is 7.05 Å². The molecule has 0 aliphatic heterocycles. The highest BCUT2D eigenvalue weighted by Crippen LogP contribution is 2.25. The fourth-order valence-corrected chi connectivity index (χ4v) is 2.39. The molecule has 24 heavy (non-hydrogen) atoms. The number of para-hydroxylation sites is 1. The number of nitrogens with one attached hydrogen (secondary N) is 1. The summed E-state index contributed by atoms with van der Waals surface area (Å²) in [6, 6.07) is 13.9. The van der Waals surface area contributed by atoms with Crippen molar-refractivity contribution in [3.05, 3.63) is 60.3 Å². The van der Waals surface area contributed by atoms with E-state index < -0.39 is 5.91 Å². The molecule has 6 heteroatoms. The number of imidazole rings is 1. The van der Waals surface area contributed by atoms with E-state index in [1.807, 2.05) is 31.3 Å². The highest BCUT2D eigenvalue weighted by molar-refractivity contribution is 6.05. The molecule has 3 rings (SSSR count). The molecule has 0 atom stereocenters. The number of phenolic OH excluding ortho intramolecular Hbond substituents is 1. The van der Waals surface area contributed by atoms with Crippen molar-refractivity contribution in [1.82, 2.24) is 9.55 Å². The van der Waals surface area contributed by atoms with Crippen LogP contribution in [0.5, 0.6) is 11.5 Å². The normalized spacial score (nSPS) is 10.4. The minimum atomic E-state index is -0.414. The first kappa shape index (κ1) is 15.6. The third kappa shape index (κ3) is 2.94. The number of carbonyl (C=O) groups is 1. The predicted octanol–water partition coefficient (Wildman–Crippen LogP) is 3.05. The average molecular weight is 323 g/mol. The Hall–Kier alpha value is -3.28. The van der Waals surface area contributed by atoms with Crippen LogP contribution in [0.1, 0.15) is 10.4 Å². The fraction of sp³-hybridized carbons (Fsp3) is 0.111. The number of aromatic hydroxyl groups is 1. The average Bonchev–Trinajstić information content (AvgIpc) is 2.96. The molecule has 6 nitrogen and oxygen atoms in total. The minimum Gasteiger partial charge on any atom is -0.507 e.